The number of esters is 1. The van der Waals surface area contributed by atoms with Gasteiger partial charge >= 0.3 is 5.97 Å². The van der Waals surface area contributed by atoms with E-state index in [1.165, 1.54) is 7.11 Å². The van der Waals surface area contributed by atoms with Crippen molar-refractivity contribution in [2.45, 2.75) is 20.3 Å². The molecule has 27 heavy (non-hydrogen) atoms. The molecule has 6 nitrogen and oxygen atoms in total. The molecular formula is C20H22ClNO5. The molecule has 2 aromatic rings. The predicted molar refractivity (Wildman–Crippen MR) is 104 cm³/mol. The lowest BCUT2D eigenvalue weighted by Crippen LogP contribution is -2.21. The van der Waals surface area contributed by atoms with Crippen LogP contribution in [0.2, 0.25) is 5.02 Å². The maximum atomic E-state index is 11.9. The van der Waals surface area contributed by atoms with Crippen molar-refractivity contribution in [3.63, 3.8) is 0 Å². The van der Waals surface area contributed by atoms with Crippen molar-refractivity contribution in [3.8, 4) is 11.5 Å². The standard InChI is InChI=1S/C20H22ClNO5/c1-13-4-5-14(2)18(10-13)26-9-8-20(24)27-12-19(23)22-15-6-7-17(25-3)16(21)11-15/h4-7,10-11H,8-9,12H2,1-3H3,(H,22,23). The Morgan fingerprint density at radius 2 is 1.85 bits per heavy atom. The lowest BCUT2D eigenvalue weighted by Gasteiger charge is -2.10. The highest BCUT2D eigenvalue weighted by atomic mass is 35.5. The number of rotatable bonds is 8. The first-order valence-electron chi connectivity index (χ1n) is 8.38. The van der Waals surface area contributed by atoms with E-state index >= 15 is 0 Å². The number of ether oxygens (including phenoxy) is 3. The van der Waals surface area contributed by atoms with E-state index in [1.807, 2.05) is 32.0 Å². The summed E-state index contributed by atoms with van der Waals surface area (Å²) in [6.45, 7) is 3.70. The van der Waals surface area contributed by atoms with E-state index in [9.17, 15) is 9.59 Å². The molecule has 1 N–H and O–H groups in total. The summed E-state index contributed by atoms with van der Waals surface area (Å²) in [4.78, 5) is 23.6. The minimum absolute atomic E-state index is 0.0506. The van der Waals surface area contributed by atoms with Crippen LogP contribution in [0.4, 0.5) is 5.69 Å². The number of halogens is 1. The summed E-state index contributed by atoms with van der Waals surface area (Å²) in [6, 6.07) is 10.7. The molecule has 0 spiro atoms. The lowest BCUT2D eigenvalue weighted by molar-refractivity contribution is -0.147. The summed E-state index contributed by atoms with van der Waals surface area (Å²) in [5.74, 6) is 0.269. The number of carbonyl (C=O) groups excluding carboxylic acids is 2. The third-order valence-electron chi connectivity index (χ3n) is 3.71. The Morgan fingerprint density at radius 1 is 1.07 bits per heavy atom. The van der Waals surface area contributed by atoms with Gasteiger partial charge in [-0.1, -0.05) is 23.7 Å². The predicted octanol–water partition coefficient (Wildman–Crippen LogP) is 3.92. The smallest absolute Gasteiger partial charge is 0.309 e. The fourth-order valence-electron chi connectivity index (χ4n) is 2.27. The van der Waals surface area contributed by atoms with Gasteiger partial charge in [0.25, 0.3) is 5.91 Å². The van der Waals surface area contributed by atoms with Crippen molar-refractivity contribution >= 4 is 29.2 Å². The molecule has 2 aromatic carbocycles. The van der Waals surface area contributed by atoms with E-state index in [0.717, 1.165) is 16.9 Å². The van der Waals surface area contributed by atoms with Crippen LogP contribution in [0, 0.1) is 13.8 Å². The highest BCUT2D eigenvalue weighted by Gasteiger charge is 2.10. The number of aryl methyl sites for hydroxylation is 2. The van der Waals surface area contributed by atoms with Crippen LogP contribution in [0.3, 0.4) is 0 Å². The lowest BCUT2D eigenvalue weighted by atomic mass is 10.1. The molecule has 0 aliphatic heterocycles. The van der Waals surface area contributed by atoms with Gasteiger partial charge in [-0.05, 0) is 49.2 Å². The number of nitrogens with one attached hydrogen (secondary N) is 1. The van der Waals surface area contributed by atoms with Crippen LogP contribution in [0.25, 0.3) is 0 Å². The SMILES string of the molecule is COc1ccc(NC(=O)COC(=O)CCOc2cc(C)ccc2C)cc1Cl. The van der Waals surface area contributed by atoms with Gasteiger partial charge in [0, 0.05) is 5.69 Å². The number of methoxy groups -OCH3 is 1. The Hall–Kier alpha value is -2.73. The molecule has 0 fully saturated rings. The monoisotopic (exact) mass is 391 g/mol. The third-order valence-corrected chi connectivity index (χ3v) is 4.00. The van der Waals surface area contributed by atoms with Crippen molar-refractivity contribution in [2.75, 3.05) is 25.6 Å². The summed E-state index contributed by atoms with van der Waals surface area (Å²) in [5.41, 5.74) is 2.56. The molecule has 144 valence electrons. The molecule has 0 atom stereocenters. The molecule has 0 aliphatic rings. The van der Waals surface area contributed by atoms with Crippen LogP contribution in [0.1, 0.15) is 17.5 Å². The number of carbonyl (C=O) groups is 2. The molecule has 0 aliphatic carbocycles. The molecule has 0 unspecified atom stereocenters. The van der Waals surface area contributed by atoms with Gasteiger partial charge in [-0.3, -0.25) is 9.59 Å². The second kappa shape index (κ2) is 9.83. The van der Waals surface area contributed by atoms with Crippen molar-refractivity contribution in [1.29, 1.82) is 0 Å². The maximum absolute atomic E-state index is 11.9. The summed E-state index contributed by atoms with van der Waals surface area (Å²) in [7, 11) is 1.50. The van der Waals surface area contributed by atoms with Crippen LogP contribution in [0.15, 0.2) is 36.4 Å². The summed E-state index contributed by atoms with van der Waals surface area (Å²) >= 11 is 5.99. The fraction of sp³-hybridized carbons (Fsp3) is 0.300. The number of benzene rings is 2. The van der Waals surface area contributed by atoms with E-state index in [0.29, 0.717) is 16.5 Å². The third kappa shape index (κ3) is 6.49. The average Bonchev–Trinajstić information content (AvgIpc) is 2.63. The zero-order valence-electron chi connectivity index (χ0n) is 15.5. The van der Waals surface area contributed by atoms with Crippen LogP contribution >= 0.6 is 11.6 Å². The number of hydrogen-bond acceptors (Lipinski definition) is 5. The molecule has 2 rings (SSSR count). The second-order valence-electron chi connectivity index (χ2n) is 5.93. The van der Waals surface area contributed by atoms with E-state index in [1.54, 1.807) is 18.2 Å². The zero-order chi connectivity index (χ0) is 19.8. The maximum Gasteiger partial charge on any atom is 0.309 e. The zero-order valence-corrected chi connectivity index (χ0v) is 16.3. The van der Waals surface area contributed by atoms with E-state index in [-0.39, 0.29) is 19.6 Å². The number of amides is 1. The van der Waals surface area contributed by atoms with Gasteiger partial charge < -0.3 is 19.5 Å². The van der Waals surface area contributed by atoms with Crippen molar-refractivity contribution in [2.24, 2.45) is 0 Å². The first-order valence-corrected chi connectivity index (χ1v) is 8.76. The van der Waals surface area contributed by atoms with Gasteiger partial charge in [-0.2, -0.15) is 0 Å². The number of hydrogen-bond donors (Lipinski definition) is 1. The molecule has 0 radical (unpaired) electrons. The minimum atomic E-state index is -0.511. The Bertz CT molecular complexity index is 822. The minimum Gasteiger partial charge on any atom is -0.495 e. The number of anilines is 1. The molecule has 0 bridgehead atoms. The normalized spacial score (nSPS) is 10.2. The molecule has 0 saturated heterocycles. The fourth-order valence-corrected chi connectivity index (χ4v) is 2.52. The Balaban J connectivity index is 1.72. The van der Waals surface area contributed by atoms with Gasteiger partial charge in [0.2, 0.25) is 0 Å². The summed E-state index contributed by atoms with van der Waals surface area (Å²) in [6.07, 6.45) is 0.0506. The molecular weight excluding hydrogens is 370 g/mol. The largest absolute Gasteiger partial charge is 0.495 e. The van der Waals surface area contributed by atoms with E-state index in [4.69, 9.17) is 25.8 Å². The second-order valence-corrected chi connectivity index (χ2v) is 6.33. The average molecular weight is 392 g/mol. The van der Waals surface area contributed by atoms with Gasteiger partial charge in [-0.15, -0.1) is 0 Å². The van der Waals surface area contributed by atoms with Crippen molar-refractivity contribution < 1.29 is 23.8 Å². The molecule has 0 saturated carbocycles. The Kier molecular flexibility index (Phi) is 7.49. The van der Waals surface area contributed by atoms with Gasteiger partial charge in [0.1, 0.15) is 11.5 Å². The van der Waals surface area contributed by atoms with Crippen LogP contribution in [-0.2, 0) is 14.3 Å². The molecule has 0 aromatic heterocycles. The van der Waals surface area contributed by atoms with Crippen LogP contribution in [-0.4, -0.2) is 32.2 Å². The Morgan fingerprint density at radius 3 is 2.56 bits per heavy atom. The Labute approximate surface area is 163 Å². The molecule has 0 heterocycles. The van der Waals surface area contributed by atoms with Crippen molar-refractivity contribution in [3.05, 3.63) is 52.5 Å². The highest BCUT2D eigenvalue weighted by Crippen LogP contribution is 2.27. The summed E-state index contributed by atoms with van der Waals surface area (Å²) < 4.78 is 15.6. The summed E-state index contributed by atoms with van der Waals surface area (Å²) in [5, 5.41) is 2.97. The van der Waals surface area contributed by atoms with E-state index < -0.39 is 11.9 Å². The van der Waals surface area contributed by atoms with Gasteiger partial charge in [-0.25, -0.2) is 0 Å². The first kappa shape index (κ1) is 20.6. The molecule has 7 heteroatoms. The molecule has 1 amide bonds. The van der Waals surface area contributed by atoms with Crippen LogP contribution in [0.5, 0.6) is 11.5 Å². The quantitative estimate of drug-likeness (QED) is 0.690. The van der Waals surface area contributed by atoms with E-state index in [2.05, 4.69) is 5.32 Å². The topological polar surface area (TPSA) is 73.9 Å². The van der Waals surface area contributed by atoms with Gasteiger partial charge in [0.05, 0.1) is 25.2 Å². The first-order chi connectivity index (χ1) is 12.9. The van der Waals surface area contributed by atoms with Crippen molar-refractivity contribution in [1.82, 2.24) is 0 Å². The highest BCUT2D eigenvalue weighted by molar-refractivity contribution is 6.32. The van der Waals surface area contributed by atoms with Gasteiger partial charge in [0.15, 0.2) is 6.61 Å². The van der Waals surface area contributed by atoms with Crippen LogP contribution < -0.4 is 14.8 Å².